The van der Waals surface area contributed by atoms with Gasteiger partial charge in [0.25, 0.3) is 0 Å². The maximum absolute atomic E-state index is 12.1. The van der Waals surface area contributed by atoms with Crippen molar-refractivity contribution in [2.75, 3.05) is 6.54 Å². The van der Waals surface area contributed by atoms with Crippen LogP contribution in [0.2, 0.25) is 0 Å². The lowest BCUT2D eigenvalue weighted by Crippen LogP contribution is -2.40. The van der Waals surface area contributed by atoms with Crippen molar-refractivity contribution in [3.05, 3.63) is 35.9 Å². The van der Waals surface area contributed by atoms with Crippen molar-refractivity contribution < 1.29 is 4.79 Å². The maximum atomic E-state index is 12.1. The van der Waals surface area contributed by atoms with Crippen LogP contribution in [0.1, 0.15) is 39.7 Å². The van der Waals surface area contributed by atoms with Crippen molar-refractivity contribution in [2.24, 2.45) is 5.92 Å². The first-order valence-corrected chi connectivity index (χ1v) is 6.28. The largest absolute Gasteiger partial charge is 0.355 e. The first-order valence-electron chi connectivity index (χ1n) is 6.28. The number of nitrogens with one attached hydrogen (secondary N) is 1. The van der Waals surface area contributed by atoms with Gasteiger partial charge in [0.2, 0.25) is 5.91 Å². The molecule has 0 aliphatic heterocycles. The molecule has 1 aromatic rings. The molecule has 1 rings (SSSR count). The molecule has 1 aromatic carbocycles. The van der Waals surface area contributed by atoms with Crippen molar-refractivity contribution in [3.8, 4) is 0 Å². The topological polar surface area (TPSA) is 29.1 Å². The Balaban J connectivity index is 2.61. The van der Waals surface area contributed by atoms with Crippen LogP contribution < -0.4 is 5.32 Å². The molecular weight excluding hydrogens is 210 g/mol. The average Bonchev–Trinajstić information content (AvgIpc) is 2.29. The number of hydrogen-bond donors (Lipinski definition) is 1. The van der Waals surface area contributed by atoms with Gasteiger partial charge in [-0.1, -0.05) is 44.2 Å². The van der Waals surface area contributed by atoms with Crippen LogP contribution >= 0.6 is 0 Å². The predicted molar refractivity (Wildman–Crippen MR) is 71.9 cm³/mol. The fourth-order valence-corrected chi connectivity index (χ4v) is 1.68. The summed E-state index contributed by atoms with van der Waals surface area (Å²) in [5, 5.41) is 3.01. The minimum absolute atomic E-state index is 0.101. The van der Waals surface area contributed by atoms with E-state index >= 15 is 0 Å². The summed E-state index contributed by atoms with van der Waals surface area (Å²) >= 11 is 0. The average molecular weight is 233 g/mol. The van der Waals surface area contributed by atoms with E-state index in [0.717, 1.165) is 18.5 Å². The molecule has 1 amide bonds. The van der Waals surface area contributed by atoms with Crippen LogP contribution in [0.3, 0.4) is 0 Å². The Kier molecular flexibility index (Phi) is 4.73. The van der Waals surface area contributed by atoms with E-state index < -0.39 is 5.41 Å². The normalized spacial score (nSPS) is 11.6. The number of hydrogen-bond acceptors (Lipinski definition) is 1. The first-order chi connectivity index (χ1) is 7.94. The second-order valence-corrected chi connectivity index (χ2v) is 5.43. The Hall–Kier alpha value is -1.31. The Bertz CT molecular complexity index is 354. The van der Waals surface area contributed by atoms with Crippen molar-refractivity contribution in [2.45, 2.75) is 39.5 Å². The molecule has 0 bridgehead atoms. The highest BCUT2D eigenvalue weighted by atomic mass is 16.2. The highest BCUT2D eigenvalue weighted by Gasteiger charge is 2.28. The van der Waals surface area contributed by atoms with Crippen LogP contribution in [0.5, 0.6) is 0 Å². The van der Waals surface area contributed by atoms with Crippen molar-refractivity contribution in [3.63, 3.8) is 0 Å². The third kappa shape index (κ3) is 3.88. The molecule has 1 N–H and O–H groups in total. The summed E-state index contributed by atoms with van der Waals surface area (Å²) in [6, 6.07) is 9.91. The van der Waals surface area contributed by atoms with E-state index in [1.807, 2.05) is 44.2 Å². The summed E-state index contributed by atoms with van der Waals surface area (Å²) < 4.78 is 0. The molecule has 0 saturated carbocycles. The SMILES string of the molecule is CC(C)CCNC(=O)C(C)(C)c1ccccc1. The van der Waals surface area contributed by atoms with Gasteiger partial charge in [0, 0.05) is 6.54 Å². The molecule has 94 valence electrons. The van der Waals surface area contributed by atoms with E-state index in [-0.39, 0.29) is 5.91 Å². The third-order valence-corrected chi connectivity index (χ3v) is 3.07. The molecule has 0 saturated heterocycles. The fraction of sp³-hybridized carbons (Fsp3) is 0.533. The number of rotatable bonds is 5. The summed E-state index contributed by atoms with van der Waals surface area (Å²) in [5.41, 5.74) is 0.597. The first kappa shape index (κ1) is 13.8. The Morgan fingerprint density at radius 1 is 1.24 bits per heavy atom. The van der Waals surface area contributed by atoms with Crippen LogP contribution in [-0.4, -0.2) is 12.5 Å². The van der Waals surface area contributed by atoms with Crippen LogP contribution in [-0.2, 0) is 10.2 Å². The van der Waals surface area contributed by atoms with E-state index in [4.69, 9.17) is 0 Å². The second kappa shape index (κ2) is 5.85. The minimum atomic E-state index is -0.460. The summed E-state index contributed by atoms with van der Waals surface area (Å²) in [7, 11) is 0. The Morgan fingerprint density at radius 2 is 1.82 bits per heavy atom. The summed E-state index contributed by atoms with van der Waals surface area (Å²) in [6.45, 7) is 9.01. The highest BCUT2D eigenvalue weighted by Crippen LogP contribution is 2.22. The zero-order valence-electron chi connectivity index (χ0n) is 11.3. The van der Waals surface area contributed by atoms with Gasteiger partial charge in [0.15, 0.2) is 0 Å². The van der Waals surface area contributed by atoms with E-state index in [0.29, 0.717) is 5.92 Å². The number of benzene rings is 1. The quantitative estimate of drug-likeness (QED) is 0.831. The molecule has 0 radical (unpaired) electrons. The van der Waals surface area contributed by atoms with Crippen LogP contribution in [0.4, 0.5) is 0 Å². The monoisotopic (exact) mass is 233 g/mol. The standard InChI is InChI=1S/C15H23NO/c1-12(2)10-11-16-14(17)15(3,4)13-8-6-5-7-9-13/h5-9,12H,10-11H2,1-4H3,(H,16,17). The number of carbonyl (C=O) groups is 1. The number of amides is 1. The molecule has 0 spiro atoms. The predicted octanol–water partition coefficient (Wildman–Crippen LogP) is 3.13. The lowest BCUT2D eigenvalue weighted by Gasteiger charge is -2.24. The molecule has 0 aliphatic carbocycles. The van der Waals surface area contributed by atoms with E-state index in [1.165, 1.54) is 0 Å². The zero-order chi connectivity index (χ0) is 12.9. The summed E-state index contributed by atoms with van der Waals surface area (Å²) in [5.74, 6) is 0.722. The summed E-state index contributed by atoms with van der Waals surface area (Å²) in [4.78, 5) is 12.1. The molecule has 2 heteroatoms. The van der Waals surface area contributed by atoms with Gasteiger partial charge in [-0.3, -0.25) is 4.79 Å². The molecule has 0 atom stereocenters. The van der Waals surface area contributed by atoms with Crippen molar-refractivity contribution in [1.29, 1.82) is 0 Å². The number of carbonyl (C=O) groups excluding carboxylic acids is 1. The van der Waals surface area contributed by atoms with Gasteiger partial charge in [0.05, 0.1) is 5.41 Å². The van der Waals surface area contributed by atoms with Gasteiger partial charge in [-0.15, -0.1) is 0 Å². The van der Waals surface area contributed by atoms with Crippen molar-refractivity contribution in [1.82, 2.24) is 5.32 Å². The Labute approximate surface area is 104 Å². The molecule has 17 heavy (non-hydrogen) atoms. The minimum Gasteiger partial charge on any atom is -0.355 e. The van der Waals surface area contributed by atoms with E-state index in [1.54, 1.807) is 0 Å². The van der Waals surface area contributed by atoms with Crippen molar-refractivity contribution >= 4 is 5.91 Å². The molecule has 0 aromatic heterocycles. The van der Waals surface area contributed by atoms with Gasteiger partial charge in [-0.05, 0) is 31.7 Å². The van der Waals surface area contributed by atoms with Gasteiger partial charge >= 0.3 is 0 Å². The molecule has 0 heterocycles. The lowest BCUT2D eigenvalue weighted by molar-refractivity contribution is -0.125. The Morgan fingerprint density at radius 3 is 2.35 bits per heavy atom. The molecular formula is C15H23NO. The molecule has 2 nitrogen and oxygen atoms in total. The molecule has 0 aliphatic rings. The maximum Gasteiger partial charge on any atom is 0.230 e. The molecule has 0 unspecified atom stereocenters. The third-order valence-electron chi connectivity index (χ3n) is 3.07. The molecule has 0 fully saturated rings. The summed E-state index contributed by atoms with van der Waals surface area (Å²) in [6.07, 6.45) is 1.02. The van der Waals surface area contributed by atoms with Gasteiger partial charge in [0.1, 0.15) is 0 Å². The lowest BCUT2D eigenvalue weighted by atomic mass is 9.84. The highest BCUT2D eigenvalue weighted by molar-refractivity contribution is 5.87. The second-order valence-electron chi connectivity index (χ2n) is 5.43. The van der Waals surface area contributed by atoms with Crippen LogP contribution in [0.25, 0.3) is 0 Å². The fourth-order valence-electron chi connectivity index (χ4n) is 1.68. The van der Waals surface area contributed by atoms with Gasteiger partial charge in [-0.2, -0.15) is 0 Å². The van der Waals surface area contributed by atoms with Gasteiger partial charge < -0.3 is 5.32 Å². The van der Waals surface area contributed by atoms with E-state index in [2.05, 4.69) is 19.2 Å². The smallest absolute Gasteiger partial charge is 0.230 e. The van der Waals surface area contributed by atoms with E-state index in [9.17, 15) is 4.79 Å². The van der Waals surface area contributed by atoms with Crippen LogP contribution in [0.15, 0.2) is 30.3 Å². The zero-order valence-corrected chi connectivity index (χ0v) is 11.3. The van der Waals surface area contributed by atoms with Gasteiger partial charge in [-0.25, -0.2) is 0 Å². The van der Waals surface area contributed by atoms with Crippen LogP contribution in [0, 0.1) is 5.92 Å².